The lowest BCUT2D eigenvalue weighted by Crippen LogP contribution is -2.02. The summed E-state index contributed by atoms with van der Waals surface area (Å²) in [7, 11) is 1.57. The summed E-state index contributed by atoms with van der Waals surface area (Å²) in [6, 6.07) is 9.40. The van der Waals surface area contributed by atoms with E-state index in [-0.39, 0.29) is 0 Å². The van der Waals surface area contributed by atoms with Crippen LogP contribution >= 0.6 is 11.6 Å². The second-order valence-corrected chi connectivity index (χ2v) is 3.86. The fourth-order valence-electron chi connectivity index (χ4n) is 1.34. The molecule has 5 heteroatoms. The first-order chi connectivity index (χ1) is 8.28. The Morgan fingerprint density at radius 3 is 2.71 bits per heavy atom. The van der Waals surface area contributed by atoms with Crippen LogP contribution in [0, 0.1) is 0 Å². The Hall–Kier alpha value is -1.81. The van der Waals surface area contributed by atoms with Gasteiger partial charge in [0.1, 0.15) is 12.1 Å². The van der Waals surface area contributed by atoms with E-state index in [1.807, 2.05) is 24.3 Å². The van der Waals surface area contributed by atoms with Crippen molar-refractivity contribution < 1.29 is 4.74 Å². The van der Waals surface area contributed by atoms with Crippen molar-refractivity contribution in [2.75, 3.05) is 12.4 Å². The van der Waals surface area contributed by atoms with E-state index < -0.39 is 0 Å². The van der Waals surface area contributed by atoms with E-state index in [9.17, 15) is 0 Å². The van der Waals surface area contributed by atoms with E-state index in [4.69, 9.17) is 16.3 Å². The van der Waals surface area contributed by atoms with Crippen LogP contribution in [0.5, 0.6) is 5.88 Å². The molecule has 0 aliphatic heterocycles. The Labute approximate surface area is 105 Å². The Kier molecular flexibility index (Phi) is 3.77. The van der Waals surface area contributed by atoms with Crippen LogP contribution < -0.4 is 10.1 Å². The van der Waals surface area contributed by atoms with Gasteiger partial charge in [0.25, 0.3) is 0 Å². The third kappa shape index (κ3) is 3.32. The molecule has 17 heavy (non-hydrogen) atoms. The highest BCUT2D eigenvalue weighted by Crippen LogP contribution is 2.13. The van der Waals surface area contributed by atoms with Crippen molar-refractivity contribution in [1.82, 2.24) is 9.97 Å². The van der Waals surface area contributed by atoms with Crippen molar-refractivity contribution in [2.45, 2.75) is 6.54 Å². The largest absolute Gasteiger partial charge is 0.481 e. The molecule has 1 N–H and O–H groups in total. The third-order valence-electron chi connectivity index (χ3n) is 2.24. The fourth-order valence-corrected chi connectivity index (χ4v) is 1.47. The van der Waals surface area contributed by atoms with E-state index in [0.717, 1.165) is 16.4 Å². The molecule has 0 unspecified atom stereocenters. The Morgan fingerprint density at radius 2 is 2.00 bits per heavy atom. The standard InChI is InChI=1S/C12H12ClN3O/c1-17-12-6-11(15-8-16-12)14-7-9-2-4-10(13)5-3-9/h2-6,8H,7H2,1H3,(H,14,15,16). The zero-order valence-electron chi connectivity index (χ0n) is 9.35. The number of halogens is 1. The average molecular weight is 250 g/mol. The average Bonchev–Trinajstić information content (AvgIpc) is 2.38. The first-order valence-corrected chi connectivity index (χ1v) is 5.50. The summed E-state index contributed by atoms with van der Waals surface area (Å²) in [5.74, 6) is 1.27. The van der Waals surface area contributed by atoms with E-state index in [2.05, 4.69) is 15.3 Å². The SMILES string of the molecule is COc1cc(NCc2ccc(Cl)cc2)ncn1. The van der Waals surface area contributed by atoms with Crippen LogP contribution in [-0.2, 0) is 6.54 Å². The van der Waals surface area contributed by atoms with Gasteiger partial charge in [-0.2, -0.15) is 0 Å². The van der Waals surface area contributed by atoms with E-state index in [0.29, 0.717) is 12.4 Å². The number of benzene rings is 1. The van der Waals surface area contributed by atoms with Crippen LogP contribution in [0.1, 0.15) is 5.56 Å². The van der Waals surface area contributed by atoms with Crippen LogP contribution in [0.3, 0.4) is 0 Å². The number of methoxy groups -OCH3 is 1. The number of nitrogens with zero attached hydrogens (tertiary/aromatic N) is 2. The van der Waals surface area contributed by atoms with E-state index in [1.54, 1.807) is 13.2 Å². The summed E-state index contributed by atoms with van der Waals surface area (Å²) in [5.41, 5.74) is 1.13. The monoisotopic (exact) mass is 249 g/mol. The van der Waals surface area contributed by atoms with Crippen molar-refractivity contribution in [3.8, 4) is 5.88 Å². The maximum atomic E-state index is 5.81. The van der Waals surface area contributed by atoms with Gasteiger partial charge in [-0.15, -0.1) is 0 Å². The minimum atomic E-state index is 0.540. The number of aromatic nitrogens is 2. The summed E-state index contributed by atoms with van der Waals surface area (Å²) in [6.45, 7) is 0.678. The minimum absolute atomic E-state index is 0.540. The molecule has 88 valence electrons. The highest BCUT2D eigenvalue weighted by Gasteiger charge is 1.98. The van der Waals surface area contributed by atoms with Gasteiger partial charge in [0, 0.05) is 17.6 Å². The molecule has 0 spiro atoms. The molecule has 0 saturated carbocycles. The van der Waals surface area contributed by atoms with Crippen molar-refractivity contribution in [1.29, 1.82) is 0 Å². The van der Waals surface area contributed by atoms with Crippen LogP contribution in [0.2, 0.25) is 5.02 Å². The second kappa shape index (κ2) is 5.50. The summed E-state index contributed by atoms with van der Waals surface area (Å²) in [5, 5.41) is 3.91. The first-order valence-electron chi connectivity index (χ1n) is 5.12. The number of rotatable bonds is 4. The molecular formula is C12H12ClN3O. The highest BCUT2D eigenvalue weighted by molar-refractivity contribution is 6.30. The third-order valence-corrected chi connectivity index (χ3v) is 2.49. The predicted molar refractivity (Wildman–Crippen MR) is 67.4 cm³/mol. The van der Waals surface area contributed by atoms with Gasteiger partial charge in [0.15, 0.2) is 0 Å². The molecule has 0 amide bonds. The fraction of sp³-hybridized carbons (Fsp3) is 0.167. The maximum Gasteiger partial charge on any atom is 0.218 e. The van der Waals surface area contributed by atoms with Crippen LogP contribution in [0.25, 0.3) is 0 Å². The predicted octanol–water partition coefficient (Wildman–Crippen LogP) is 2.75. The second-order valence-electron chi connectivity index (χ2n) is 3.43. The van der Waals surface area contributed by atoms with Gasteiger partial charge in [-0.25, -0.2) is 9.97 Å². The van der Waals surface area contributed by atoms with Gasteiger partial charge in [-0.3, -0.25) is 0 Å². The first kappa shape index (κ1) is 11.7. The minimum Gasteiger partial charge on any atom is -0.481 e. The molecule has 0 bridgehead atoms. The molecule has 0 aliphatic rings. The quantitative estimate of drug-likeness (QED) is 0.905. The molecule has 0 radical (unpaired) electrons. The van der Waals surface area contributed by atoms with E-state index >= 15 is 0 Å². The molecule has 1 aromatic carbocycles. The molecule has 0 saturated heterocycles. The zero-order chi connectivity index (χ0) is 12.1. The molecule has 0 atom stereocenters. The van der Waals surface area contributed by atoms with Crippen LogP contribution in [0.4, 0.5) is 5.82 Å². The summed E-state index contributed by atoms with van der Waals surface area (Å²) in [6.07, 6.45) is 1.46. The smallest absolute Gasteiger partial charge is 0.218 e. The Bertz CT molecular complexity index is 487. The van der Waals surface area contributed by atoms with Crippen molar-refractivity contribution >= 4 is 17.4 Å². The number of hydrogen-bond donors (Lipinski definition) is 1. The van der Waals surface area contributed by atoms with Gasteiger partial charge in [0.05, 0.1) is 7.11 Å². The van der Waals surface area contributed by atoms with Crippen molar-refractivity contribution in [2.24, 2.45) is 0 Å². The normalized spacial score (nSPS) is 10.0. The molecular weight excluding hydrogens is 238 g/mol. The van der Waals surface area contributed by atoms with Crippen LogP contribution in [0.15, 0.2) is 36.7 Å². The molecule has 0 aliphatic carbocycles. The summed E-state index contributed by atoms with van der Waals surface area (Å²) >= 11 is 5.81. The number of nitrogens with one attached hydrogen (secondary N) is 1. The Balaban J connectivity index is 1.99. The number of hydrogen-bond acceptors (Lipinski definition) is 4. The molecule has 1 aromatic heterocycles. The summed E-state index contributed by atoms with van der Waals surface area (Å²) < 4.78 is 5.01. The lowest BCUT2D eigenvalue weighted by molar-refractivity contribution is 0.397. The van der Waals surface area contributed by atoms with Crippen LogP contribution in [-0.4, -0.2) is 17.1 Å². The lowest BCUT2D eigenvalue weighted by Gasteiger charge is -2.06. The van der Waals surface area contributed by atoms with Gasteiger partial charge < -0.3 is 10.1 Å². The van der Waals surface area contributed by atoms with Crippen molar-refractivity contribution in [3.63, 3.8) is 0 Å². The lowest BCUT2D eigenvalue weighted by atomic mass is 10.2. The Morgan fingerprint density at radius 1 is 1.24 bits per heavy atom. The maximum absolute atomic E-state index is 5.81. The number of anilines is 1. The molecule has 2 rings (SSSR count). The van der Waals surface area contributed by atoms with Gasteiger partial charge in [-0.05, 0) is 17.7 Å². The molecule has 4 nitrogen and oxygen atoms in total. The van der Waals surface area contributed by atoms with Gasteiger partial charge in [-0.1, -0.05) is 23.7 Å². The molecule has 0 fully saturated rings. The van der Waals surface area contributed by atoms with Crippen molar-refractivity contribution in [3.05, 3.63) is 47.2 Å². The topological polar surface area (TPSA) is 47.0 Å². The molecule has 2 aromatic rings. The van der Waals surface area contributed by atoms with Gasteiger partial charge in [0.2, 0.25) is 5.88 Å². The van der Waals surface area contributed by atoms with E-state index in [1.165, 1.54) is 6.33 Å². The summed E-state index contributed by atoms with van der Waals surface area (Å²) in [4.78, 5) is 8.03. The molecule has 1 heterocycles. The van der Waals surface area contributed by atoms with Gasteiger partial charge >= 0.3 is 0 Å². The highest BCUT2D eigenvalue weighted by atomic mass is 35.5. The number of ether oxygens (including phenoxy) is 1. The zero-order valence-corrected chi connectivity index (χ0v) is 10.1.